The van der Waals surface area contributed by atoms with Crippen molar-refractivity contribution in [1.29, 1.82) is 0 Å². The number of nitrogens with one attached hydrogen (secondary N) is 2. The second-order valence-corrected chi connectivity index (χ2v) is 7.48. The first-order chi connectivity index (χ1) is 12.7. The van der Waals surface area contributed by atoms with E-state index in [4.69, 9.17) is 4.74 Å². The van der Waals surface area contributed by atoms with Gasteiger partial charge in [-0.15, -0.1) is 0 Å². The van der Waals surface area contributed by atoms with Crippen LogP contribution in [0.15, 0.2) is 4.99 Å². The van der Waals surface area contributed by atoms with Gasteiger partial charge in [0.15, 0.2) is 5.96 Å². The van der Waals surface area contributed by atoms with Crippen LogP contribution in [0.5, 0.6) is 0 Å². The lowest BCUT2D eigenvalue weighted by molar-refractivity contribution is -0.135. The normalized spacial score (nSPS) is 21.8. The summed E-state index contributed by atoms with van der Waals surface area (Å²) in [6.45, 7) is 8.88. The van der Waals surface area contributed by atoms with E-state index in [1.54, 1.807) is 0 Å². The standard InChI is InChI=1S/C20H38N4O2/c1-3-5-14-26-15-12-22-20(21-4-2)23-18-11-13-24(16-18)19(25)17-9-7-6-8-10-17/h17-18H,3-16H2,1-2H3,(H2,21,22,23). The molecule has 0 spiro atoms. The van der Waals surface area contributed by atoms with Gasteiger partial charge in [0.2, 0.25) is 5.91 Å². The number of carbonyl (C=O) groups excluding carboxylic acids is 1. The zero-order valence-corrected chi connectivity index (χ0v) is 16.8. The largest absolute Gasteiger partial charge is 0.380 e. The van der Waals surface area contributed by atoms with Crippen LogP contribution in [0.1, 0.15) is 65.2 Å². The minimum atomic E-state index is 0.268. The summed E-state index contributed by atoms with van der Waals surface area (Å²) in [4.78, 5) is 19.4. The Bertz CT molecular complexity index is 436. The molecule has 2 aliphatic rings. The van der Waals surface area contributed by atoms with Crippen LogP contribution in [0.2, 0.25) is 0 Å². The molecule has 150 valence electrons. The molecule has 1 aliphatic carbocycles. The Kier molecular flexibility index (Phi) is 9.82. The van der Waals surface area contributed by atoms with Crippen molar-refractivity contribution in [2.45, 2.75) is 71.3 Å². The molecule has 0 aromatic carbocycles. The second kappa shape index (κ2) is 12.2. The van der Waals surface area contributed by atoms with Crippen LogP contribution in [0.25, 0.3) is 0 Å². The number of amides is 1. The molecule has 2 rings (SSSR count). The number of unbranched alkanes of at least 4 members (excludes halogenated alkanes) is 1. The van der Waals surface area contributed by atoms with E-state index in [1.807, 2.05) is 0 Å². The Labute approximate surface area is 159 Å². The van der Waals surface area contributed by atoms with Crippen molar-refractivity contribution in [3.63, 3.8) is 0 Å². The van der Waals surface area contributed by atoms with Crippen molar-refractivity contribution in [1.82, 2.24) is 15.5 Å². The summed E-state index contributed by atoms with van der Waals surface area (Å²) in [6.07, 6.45) is 9.13. The third-order valence-corrected chi connectivity index (χ3v) is 5.29. The SMILES string of the molecule is CCCCOCCN=C(NCC)NC1CCN(C(=O)C2CCCCC2)C1. The first kappa shape index (κ1) is 21.0. The highest BCUT2D eigenvalue weighted by Crippen LogP contribution is 2.26. The van der Waals surface area contributed by atoms with Gasteiger partial charge in [0.1, 0.15) is 0 Å². The van der Waals surface area contributed by atoms with Crippen LogP contribution < -0.4 is 10.6 Å². The van der Waals surface area contributed by atoms with Gasteiger partial charge in [-0.05, 0) is 32.6 Å². The van der Waals surface area contributed by atoms with Gasteiger partial charge in [-0.2, -0.15) is 0 Å². The number of nitrogens with zero attached hydrogens (tertiary/aromatic N) is 2. The number of aliphatic imine (C=N–C) groups is 1. The predicted molar refractivity (Wildman–Crippen MR) is 106 cm³/mol. The lowest BCUT2D eigenvalue weighted by atomic mass is 9.88. The van der Waals surface area contributed by atoms with E-state index in [-0.39, 0.29) is 5.92 Å². The van der Waals surface area contributed by atoms with Gasteiger partial charge in [0, 0.05) is 38.2 Å². The summed E-state index contributed by atoms with van der Waals surface area (Å²) in [5, 5.41) is 6.80. The van der Waals surface area contributed by atoms with E-state index < -0.39 is 0 Å². The first-order valence-electron chi connectivity index (χ1n) is 10.7. The number of carbonyl (C=O) groups is 1. The van der Waals surface area contributed by atoms with Gasteiger partial charge in [-0.1, -0.05) is 32.6 Å². The Hall–Kier alpha value is -1.30. The van der Waals surface area contributed by atoms with Crippen molar-refractivity contribution < 1.29 is 9.53 Å². The highest BCUT2D eigenvalue weighted by molar-refractivity contribution is 5.81. The molecule has 1 saturated carbocycles. The second-order valence-electron chi connectivity index (χ2n) is 7.48. The maximum Gasteiger partial charge on any atom is 0.225 e. The fraction of sp³-hybridized carbons (Fsp3) is 0.900. The van der Waals surface area contributed by atoms with E-state index in [1.165, 1.54) is 19.3 Å². The summed E-state index contributed by atoms with van der Waals surface area (Å²) in [5.74, 6) is 1.48. The molecule has 1 heterocycles. The molecule has 2 N–H and O–H groups in total. The van der Waals surface area contributed by atoms with Crippen molar-refractivity contribution in [2.24, 2.45) is 10.9 Å². The monoisotopic (exact) mass is 366 g/mol. The van der Waals surface area contributed by atoms with Gasteiger partial charge in [0.25, 0.3) is 0 Å². The van der Waals surface area contributed by atoms with E-state index in [0.29, 0.717) is 25.1 Å². The minimum absolute atomic E-state index is 0.268. The van der Waals surface area contributed by atoms with Crippen molar-refractivity contribution >= 4 is 11.9 Å². The summed E-state index contributed by atoms with van der Waals surface area (Å²) < 4.78 is 5.57. The molecule has 26 heavy (non-hydrogen) atoms. The third kappa shape index (κ3) is 7.14. The maximum atomic E-state index is 12.7. The Morgan fingerprint density at radius 3 is 2.69 bits per heavy atom. The maximum absolute atomic E-state index is 12.7. The van der Waals surface area contributed by atoms with Crippen molar-refractivity contribution in [3.05, 3.63) is 0 Å². The average Bonchev–Trinajstić information content (AvgIpc) is 3.13. The molecular weight excluding hydrogens is 328 g/mol. The predicted octanol–water partition coefficient (Wildman–Crippen LogP) is 2.54. The summed E-state index contributed by atoms with van der Waals surface area (Å²) in [5.41, 5.74) is 0. The van der Waals surface area contributed by atoms with E-state index in [9.17, 15) is 4.79 Å². The number of likely N-dealkylation sites (tertiary alicyclic amines) is 1. The van der Waals surface area contributed by atoms with Crippen LogP contribution in [0, 0.1) is 5.92 Å². The smallest absolute Gasteiger partial charge is 0.225 e. The Morgan fingerprint density at radius 1 is 1.15 bits per heavy atom. The highest BCUT2D eigenvalue weighted by Gasteiger charge is 2.31. The Balaban J connectivity index is 1.73. The molecular formula is C20H38N4O2. The first-order valence-corrected chi connectivity index (χ1v) is 10.7. The van der Waals surface area contributed by atoms with Crippen LogP contribution in [0.3, 0.4) is 0 Å². The van der Waals surface area contributed by atoms with Crippen molar-refractivity contribution in [2.75, 3.05) is 39.4 Å². The molecule has 1 unspecified atom stereocenters. The van der Waals surface area contributed by atoms with Gasteiger partial charge in [-0.3, -0.25) is 9.79 Å². The number of hydrogen-bond donors (Lipinski definition) is 2. The fourth-order valence-corrected chi connectivity index (χ4v) is 3.77. The average molecular weight is 367 g/mol. The fourth-order valence-electron chi connectivity index (χ4n) is 3.77. The van der Waals surface area contributed by atoms with Crippen LogP contribution in [0.4, 0.5) is 0 Å². The lowest BCUT2D eigenvalue weighted by Crippen LogP contribution is -2.45. The molecule has 6 heteroatoms. The molecule has 1 aliphatic heterocycles. The van der Waals surface area contributed by atoms with Crippen LogP contribution >= 0.6 is 0 Å². The van der Waals surface area contributed by atoms with Gasteiger partial charge >= 0.3 is 0 Å². The zero-order valence-electron chi connectivity index (χ0n) is 16.8. The Morgan fingerprint density at radius 2 is 1.96 bits per heavy atom. The third-order valence-electron chi connectivity index (χ3n) is 5.29. The van der Waals surface area contributed by atoms with Crippen molar-refractivity contribution in [3.8, 4) is 0 Å². The van der Waals surface area contributed by atoms with Gasteiger partial charge in [-0.25, -0.2) is 0 Å². The zero-order chi connectivity index (χ0) is 18.6. The van der Waals surface area contributed by atoms with Crippen LogP contribution in [-0.2, 0) is 9.53 Å². The molecule has 0 aromatic heterocycles. The summed E-state index contributed by atoms with van der Waals surface area (Å²) in [7, 11) is 0. The minimum Gasteiger partial charge on any atom is -0.380 e. The topological polar surface area (TPSA) is 66.0 Å². The number of guanidine groups is 1. The molecule has 6 nitrogen and oxygen atoms in total. The molecule has 0 radical (unpaired) electrons. The van der Waals surface area contributed by atoms with Gasteiger partial charge < -0.3 is 20.3 Å². The number of rotatable bonds is 9. The molecule has 1 amide bonds. The quantitative estimate of drug-likeness (QED) is 0.374. The summed E-state index contributed by atoms with van der Waals surface area (Å²) in [6, 6.07) is 0.293. The number of hydrogen-bond acceptors (Lipinski definition) is 3. The lowest BCUT2D eigenvalue weighted by Gasteiger charge is -2.26. The van der Waals surface area contributed by atoms with Crippen LogP contribution in [-0.4, -0.2) is 62.2 Å². The molecule has 0 aromatic rings. The molecule has 1 saturated heterocycles. The van der Waals surface area contributed by atoms with E-state index in [2.05, 4.69) is 34.4 Å². The van der Waals surface area contributed by atoms with E-state index >= 15 is 0 Å². The van der Waals surface area contributed by atoms with Gasteiger partial charge in [0.05, 0.1) is 13.2 Å². The summed E-state index contributed by atoms with van der Waals surface area (Å²) >= 11 is 0. The number of ether oxygens (including phenoxy) is 1. The molecule has 1 atom stereocenters. The van der Waals surface area contributed by atoms with E-state index in [0.717, 1.165) is 64.3 Å². The molecule has 2 fully saturated rings. The highest BCUT2D eigenvalue weighted by atomic mass is 16.5. The molecule has 0 bridgehead atoms.